The molecule has 0 saturated carbocycles. The number of thiophene rings is 1. The fourth-order valence-corrected chi connectivity index (χ4v) is 8.48. The van der Waals surface area contributed by atoms with Crippen LogP contribution in [0.15, 0.2) is 83.8 Å². The first-order valence-electron chi connectivity index (χ1n) is 13.9. The molecule has 0 spiro atoms. The van der Waals surface area contributed by atoms with Crippen molar-refractivity contribution in [3.63, 3.8) is 0 Å². The van der Waals surface area contributed by atoms with Crippen LogP contribution >= 0.6 is 23.7 Å². The van der Waals surface area contributed by atoms with Gasteiger partial charge in [0.1, 0.15) is 5.00 Å². The van der Waals surface area contributed by atoms with Crippen LogP contribution in [-0.2, 0) is 40.7 Å². The molecule has 0 saturated heterocycles. The zero-order chi connectivity index (χ0) is 29.3. The summed E-state index contributed by atoms with van der Waals surface area (Å²) in [6.07, 6.45) is 2.26. The third kappa shape index (κ3) is 6.19. The highest BCUT2D eigenvalue weighted by Crippen LogP contribution is 2.38. The number of nitrogens with zero attached hydrogens (tertiary/aromatic N) is 2. The van der Waals surface area contributed by atoms with Crippen LogP contribution in [0.25, 0.3) is 0 Å². The molecule has 43 heavy (non-hydrogen) atoms. The quantitative estimate of drug-likeness (QED) is 0.253. The second-order valence-electron chi connectivity index (χ2n) is 10.4. The predicted molar refractivity (Wildman–Crippen MR) is 171 cm³/mol. The van der Waals surface area contributed by atoms with Gasteiger partial charge in [0.05, 0.1) is 23.3 Å². The molecule has 1 aromatic heterocycles. The van der Waals surface area contributed by atoms with Gasteiger partial charge in [-0.25, -0.2) is 13.2 Å². The largest absolute Gasteiger partial charge is 0.465 e. The maximum atomic E-state index is 13.5. The number of nitrogens with one attached hydrogen (secondary N) is 1. The maximum absolute atomic E-state index is 13.5. The zero-order valence-electron chi connectivity index (χ0n) is 23.6. The third-order valence-corrected chi connectivity index (χ3v) is 10.7. The molecule has 0 aliphatic carbocycles. The molecular formula is C32H32ClN3O5S2. The second kappa shape index (κ2) is 12.9. The summed E-state index contributed by atoms with van der Waals surface area (Å²) >= 11 is 1.39. The number of benzene rings is 3. The van der Waals surface area contributed by atoms with Crippen molar-refractivity contribution in [1.82, 2.24) is 4.90 Å². The van der Waals surface area contributed by atoms with E-state index in [1.165, 1.54) is 52.6 Å². The number of esters is 1. The van der Waals surface area contributed by atoms with Crippen molar-refractivity contribution in [2.45, 2.75) is 37.2 Å². The molecule has 2 aliphatic rings. The van der Waals surface area contributed by atoms with E-state index in [9.17, 15) is 18.0 Å². The molecule has 0 unspecified atom stereocenters. The number of para-hydroxylation sites is 1. The number of anilines is 2. The van der Waals surface area contributed by atoms with Gasteiger partial charge < -0.3 is 10.1 Å². The van der Waals surface area contributed by atoms with E-state index in [1.807, 2.05) is 42.5 Å². The summed E-state index contributed by atoms with van der Waals surface area (Å²) in [4.78, 5) is 29.6. The zero-order valence-corrected chi connectivity index (χ0v) is 26.1. The monoisotopic (exact) mass is 637 g/mol. The van der Waals surface area contributed by atoms with Crippen LogP contribution in [0.1, 0.15) is 48.7 Å². The van der Waals surface area contributed by atoms with Crippen LogP contribution in [0.4, 0.5) is 10.7 Å². The number of amides is 1. The Balaban J connectivity index is 0.00000368. The van der Waals surface area contributed by atoms with Crippen LogP contribution in [0.2, 0.25) is 0 Å². The number of halogens is 1. The number of carbonyl (C=O) groups excluding carboxylic acids is 2. The van der Waals surface area contributed by atoms with Crippen molar-refractivity contribution >= 4 is 56.3 Å². The van der Waals surface area contributed by atoms with Crippen LogP contribution in [-0.4, -0.2) is 45.4 Å². The number of ether oxygens (including phenoxy) is 1. The Hall–Kier alpha value is -3.70. The first-order valence-corrected chi connectivity index (χ1v) is 16.1. The Kier molecular flexibility index (Phi) is 9.22. The fourth-order valence-electron chi connectivity index (χ4n) is 5.67. The summed E-state index contributed by atoms with van der Waals surface area (Å²) in [5.74, 6) is -0.908. The normalized spacial score (nSPS) is 14.7. The predicted octanol–water partition coefficient (Wildman–Crippen LogP) is 5.91. The average molecular weight is 638 g/mol. The molecule has 0 atom stereocenters. The summed E-state index contributed by atoms with van der Waals surface area (Å²) < 4.78 is 33.5. The van der Waals surface area contributed by atoms with E-state index in [0.717, 1.165) is 41.9 Å². The van der Waals surface area contributed by atoms with Crippen molar-refractivity contribution < 1.29 is 22.7 Å². The Labute approximate surface area is 261 Å². The molecule has 8 nitrogen and oxygen atoms in total. The lowest BCUT2D eigenvalue weighted by Gasteiger charge is -2.30. The number of methoxy groups -OCH3 is 1. The molecule has 1 amide bonds. The Bertz CT molecular complexity index is 1740. The van der Waals surface area contributed by atoms with Crippen molar-refractivity contribution in [2.75, 3.05) is 29.8 Å². The summed E-state index contributed by atoms with van der Waals surface area (Å²) in [6, 6.07) is 23.7. The van der Waals surface area contributed by atoms with Gasteiger partial charge in [0.2, 0.25) is 0 Å². The van der Waals surface area contributed by atoms with Crippen LogP contribution < -0.4 is 9.62 Å². The highest BCUT2D eigenvalue weighted by atomic mass is 35.5. The maximum Gasteiger partial charge on any atom is 0.341 e. The molecule has 6 rings (SSSR count). The van der Waals surface area contributed by atoms with E-state index in [0.29, 0.717) is 41.3 Å². The smallest absolute Gasteiger partial charge is 0.341 e. The standard InChI is InChI=1S/C32H31N3O5S2.ClH/c1-40-32(37)29-26-17-19-34(20-22-8-3-2-4-9-22)21-28(26)41-31(29)33-30(36)24-13-15-25(16-14-24)42(38,39)35-18-7-11-23-10-5-6-12-27(23)35;/h2-6,8-10,12-16H,7,11,17-21H2,1H3,(H,33,36);1H. The molecule has 3 heterocycles. The number of hydrogen-bond acceptors (Lipinski definition) is 7. The Morgan fingerprint density at radius 1 is 0.930 bits per heavy atom. The molecule has 0 bridgehead atoms. The minimum Gasteiger partial charge on any atom is -0.465 e. The molecule has 0 fully saturated rings. The van der Waals surface area contributed by atoms with Gasteiger partial charge in [-0.3, -0.25) is 14.0 Å². The Morgan fingerprint density at radius 3 is 2.40 bits per heavy atom. The lowest BCUT2D eigenvalue weighted by atomic mass is 10.0. The topological polar surface area (TPSA) is 96.0 Å². The summed E-state index contributed by atoms with van der Waals surface area (Å²) in [7, 11) is -2.45. The number of aryl methyl sites for hydroxylation is 1. The van der Waals surface area contributed by atoms with Gasteiger partial charge >= 0.3 is 5.97 Å². The van der Waals surface area contributed by atoms with E-state index >= 15 is 0 Å². The highest BCUT2D eigenvalue weighted by molar-refractivity contribution is 7.92. The van der Waals surface area contributed by atoms with E-state index < -0.39 is 21.9 Å². The minimum absolute atomic E-state index is 0. The second-order valence-corrected chi connectivity index (χ2v) is 13.4. The lowest BCUT2D eigenvalue weighted by Crippen LogP contribution is -2.35. The first kappa shape index (κ1) is 30.7. The van der Waals surface area contributed by atoms with Crippen molar-refractivity contribution in [2.24, 2.45) is 0 Å². The molecule has 0 radical (unpaired) electrons. The summed E-state index contributed by atoms with van der Waals surface area (Å²) in [6.45, 7) is 2.66. The van der Waals surface area contributed by atoms with Crippen LogP contribution in [0, 0.1) is 0 Å². The van der Waals surface area contributed by atoms with Gasteiger partial charge in [-0.15, -0.1) is 23.7 Å². The molecule has 2 aliphatic heterocycles. The van der Waals surface area contributed by atoms with Crippen LogP contribution in [0.3, 0.4) is 0 Å². The summed E-state index contributed by atoms with van der Waals surface area (Å²) in [5.41, 5.74) is 4.52. The van der Waals surface area contributed by atoms with E-state index in [4.69, 9.17) is 4.74 Å². The number of fused-ring (bicyclic) bond motifs is 2. The van der Waals surface area contributed by atoms with Crippen molar-refractivity contribution in [3.8, 4) is 0 Å². The minimum atomic E-state index is -3.79. The van der Waals surface area contributed by atoms with E-state index in [1.54, 1.807) is 0 Å². The van der Waals surface area contributed by atoms with Crippen molar-refractivity contribution in [1.29, 1.82) is 0 Å². The molecule has 11 heteroatoms. The number of carbonyl (C=O) groups is 2. The van der Waals surface area contributed by atoms with Crippen LogP contribution in [0.5, 0.6) is 0 Å². The highest BCUT2D eigenvalue weighted by Gasteiger charge is 2.31. The first-order chi connectivity index (χ1) is 20.3. The SMILES string of the molecule is COC(=O)c1c(NC(=O)c2ccc(S(=O)(=O)N3CCCc4ccccc43)cc2)sc2c1CCN(Cc1ccccc1)C2.Cl. The molecule has 224 valence electrons. The lowest BCUT2D eigenvalue weighted by molar-refractivity contribution is 0.0600. The summed E-state index contributed by atoms with van der Waals surface area (Å²) in [5, 5.41) is 3.34. The average Bonchev–Trinajstić information content (AvgIpc) is 3.37. The van der Waals surface area contributed by atoms with Gasteiger partial charge in [0, 0.05) is 36.6 Å². The van der Waals surface area contributed by atoms with Gasteiger partial charge in [-0.05, 0) is 66.3 Å². The number of hydrogen-bond donors (Lipinski definition) is 1. The van der Waals surface area contributed by atoms with E-state index in [-0.39, 0.29) is 17.3 Å². The Morgan fingerprint density at radius 2 is 1.65 bits per heavy atom. The van der Waals surface area contributed by atoms with Gasteiger partial charge in [0.15, 0.2) is 0 Å². The van der Waals surface area contributed by atoms with Gasteiger partial charge in [0.25, 0.3) is 15.9 Å². The third-order valence-electron chi connectivity index (χ3n) is 7.77. The van der Waals surface area contributed by atoms with Crippen molar-refractivity contribution in [3.05, 3.63) is 112 Å². The molecular weight excluding hydrogens is 606 g/mol. The number of rotatable bonds is 7. The van der Waals surface area contributed by atoms with Gasteiger partial charge in [-0.1, -0.05) is 48.5 Å². The number of sulfonamides is 1. The van der Waals surface area contributed by atoms with E-state index in [2.05, 4.69) is 22.3 Å². The molecule has 4 aromatic rings. The van der Waals surface area contributed by atoms with Gasteiger partial charge in [-0.2, -0.15) is 0 Å². The molecule has 1 N–H and O–H groups in total. The fraction of sp³-hybridized carbons (Fsp3) is 0.250. The molecule has 3 aromatic carbocycles.